The van der Waals surface area contributed by atoms with E-state index >= 15 is 0 Å². The first-order valence-corrected chi connectivity index (χ1v) is 41.7. The second-order valence-electron chi connectivity index (χ2n) is 28.9. The molecule has 0 heterocycles. The molecule has 0 rings (SSSR count). The quantitative estimate of drug-likeness (QED) is 0.0222. The summed E-state index contributed by atoms with van der Waals surface area (Å²) in [5, 5.41) is 10.6. The molecule has 0 amide bonds. The van der Waals surface area contributed by atoms with Crippen LogP contribution >= 0.6 is 15.6 Å². The van der Waals surface area contributed by atoms with E-state index in [9.17, 15) is 43.2 Å². The molecule has 0 aromatic rings. The minimum atomic E-state index is -4.96. The Kier molecular flexibility index (Phi) is 63.1. The van der Waals surface area contributed by atoms with E-state index in [-0.39, 0.29) is 25.7 Å². The molecule has 0 bridgehead atoms. The fourth-order valence-electron chi connectivity index (χ4n) is 11.4. The van der Waals surface area contributed by atoms with Gasteiger partial charge in [0.25, 0.3) is 0 Å². The molecule has 0 saturated heterocycles. The predicted molar refractivity (Wildman–Crippen MR) is 381 cm³/mol. The van der Waals surface area contributed by atoms with Gasteiger partial charge < -0.3 is 33.8 Å². The maximum Gasteiger partial charge on any atom is 0.472 e. The van der Waals surface area contributed by atoms with Crippen molar-refractivity contribution in [1.29, 1.82) is 0 Å². The Morgan fingerprint density at radius 2 is 0.447 bits per heavy atom. The van der Waals surface area contributed by atoms with E-state index in [1.807, 2.05) is 0 Å². The Labute approximate surface area is 575 Å². The molecule has 94 heavy (non-hydrogen) atoms. The number of aliphatic hydroxyl groups excluding tert-OH is 1. The molecule has 17 nitrogen and oxygen atoms in total. The zero-order valence-electron chi connectivity index (χ0n) is 61.6. The van der Waals surface area contributed by atoms with Gasteiger partial charge in [0, 0.05) is 25.7 Å². The summed E-state index contributed by atoms with van der Waals surface area (Å²) in [6.07, 6.45) is 48.7. The van der Waals surface area contributed by atoms with Crippen molar-refractivity contribution in [3.05, 3.63) is 0 Å². The maximum absolute atomic E-state index is 13.1. The number of aliphatic hydroxyl groups is 1. The van der Waals surface area contributed by atoms with Gasteiger partial charge >= 0.3 is 39.5 Å². The summed E-state index contributed by atoms with van der Waals surface area (Å²) in [7, 11) is -9.91. The van der Waals surface area contributed by atoms with Crippen LogP contribution in [0.5, 0.6) is 0 Å². The van der Waals surface area contributed by atoms with E-state index in [0.717, 1.165) is 114 Å². The van der Waals surface area contributed by atoms with Gasteiger partial charge in [-0.25, -0.2) is 9.13 Å². The van der Waals surface area contributed by atoms with Crippen LogP contribution < -0.4 is 0 Å². The van der Waals surface area contributed by atoms with Crippen LogP contribution in [0.2, 0.25) is 0 Å². The monoisotopic (exact) mass is 1380 g/mol. The van der Waals surface area contributed by atoms with E-state index in [1.165, 1.54) is 173 Å². The molecule has 3 N–H and O–H groups in total. The highest BCUT2D eigenvalue weighted by atomic mass is 31.2. The molecular weight excluding hydrogens is 1230 g/mol. The SMILES string of the molecule is CC(C)CCCCCCCCCCCCCCCCC(=O)O[C@H](COC(=O)CCCCCCCCC(C)C)COP(=O)(O)OCC(O)COP(=O)(O)OC[C@@H](COC(=O)CCCCCCCCCCCCCCC(C)C)OC(=O)CCCCCCCCCCCCC(C)C. The summed E-state index contributed by atoms with van der Waals surface area (Å²) in [6.45, 7) is 14.1. The molecule has 558 valence electrons. The summed E-state index contributed by atoms with van der Waals surface area (Å²) >= 11 is 0. The van der Waals surface area contributed by atoms with Gasteiger partial charge in [-0.15, -0.1) is 0 Å². The number of esters is 4. The average Bonchev–Trinajstić information content (AvgIpc) is 1.65. The zero-order valence-corrected chi connectivity index (χ0v) is 63.4. The third-order valence-corrected chi connectivity index (χ3v) is 19.2. The van der Waals surface area contributed by atoms with Crippen molar-refractivity contribution < 1.29 is 80.2 Å². The largest absolute Gasteiger partial charge is 0.472 e. The highest BCUT2D eigenvalue weighted by Gasteiger charge is 2.30. The van der Waals surface area contributed by atoms with E-state index in [4.69, 9.17) is 37.0 Å². The van der Waals surface area contributed by atoms with Crippen molar-refractivity contribution in [2.45, 2.75) is 395 Å². The van der Waals surface area contributed by atoms with Crippen LogP contribution in [0.3, 0.4) is 0 Å². The number of carbonyl (C=O) groups excluding carboxylic acids is 4. The van der Waals surface area contributed by atoms with E-state index in [0.29, 0.717) is 31.6 Å². The van der Waals surface area contributed by atoms with E-state index < -0.39 is 97.5 Å². The van der Waals surface area contributed by atoms with Crippen molar-refractivity contribution in [2.24, 2.45) is 23.7 Å². The third kappa shape index (κ3) is 68.6. The summed E-state index contributed by atoms with van der Waals surface area (Å²) in [4.78, 5) is 72.7. The van der Waals surface area contributed by atoms with Crippen molar-refractivity contribution in [3.63, 3.8) is 0 Å². The van der Waals surface area contributed by atoms with Gasteiger partial charge in [0.1, 0.15) is 19.3 Å². The number of phosphoric acid groups is 2. The van der Waals surface area contributed by atoms with Gasteiger partial charge in [0.2, 0.25) is 0 Å². The van der Waals surface area contributed by atoms with Crippen molar-refractivity contribution in [2.75, 3.05) is 39.6 Å². The molecule has 0 radical (unpaired) electrons. The second-order valence-corrected chi connectivity index (χ2v) is 31.9. The molecule has 0 spiro atoms. The molecule has 0 aromatic carbocycles. The van der Waals surface area contributed by atoms with Crippen LogP contribution in [-0.2, 0) is 65.4 Å². The lowest BCUT2D eigenvalue weighted by Crippen LogP contribution is -2.30. The minimum absolute atomic E-state index is 0.105. The number of carbonyl (C=O) groups is 4. The lowest BCUT2D eigenvalue weighted by atomic mass is 10.0. The summed E-state index contributed by atoms with van der Waals surface area (Å²) in [5.41, 5.74) is 0. The number of hydrogen-bond acceptors (Lipinski definition) is 15. The number of unbranched alkanes of at least 4 members (excludes halogenated alkanes) is 38. The Morgan fingerprint density at radius 3 is 0.660 bits per heavy atom. The Hall–Kier alpha value is -1.94. The summed E-state index contributed by atoms with van der Waals surface area (Å²) in [6, 6.07) is 0. The van der Waals surface area contributed by atoms with Gasteiger partial charge in [0.15, 0.2) is 12.2 Å². The highest BCUT2D eigenvalue weighted by Crippen LogP contribution is 2.45. The first-order chi connectivity index (χ1) is 45.1. The first-order valence-electron chi connectivity index (χ1n) is 38.7. The van der Waals surface area contributed by atoms with Crippen LogP contribution in [-0.4, -0.2) is 96.7 Å². The number of phosphoric ester groups is 2. The van der Waals surface area contributed by atoms with Gasteiger partial charge in [-0.1, -0.05) is 325 Å². The van der Waals surface area contributed by atoms with Gasteiger partial charge in [-0.05, 0) is 49.4 Å². The standard InChI is InChI=1S/C75H146O17P2/c1-65(2)51-43-35-27-21-15-11-9-10-12-18-25-31-41-49-57-74(79)92-71(62-86-73(78)56-48-40-34-33-38-46-54-68(7)8)64-90-94(83,84)88-60-69(76)59-87-93(81,82)89-63-70(91-75(80)58-50-42-32-26-20-19-23-29-37-45-53-67(5)6)61-85-72(77)55-47-39-30-24-17-14-13-16-22-28-36-44-52-66(3)4/h65-71,76H,9-64H2,1-8H3,(H,81,82)(H,83,84)/t69?,70-,71-/m1/s1. The molecule has 3 unspecified atom stereocenters. The van der Waals surface area contributed by atoms with E-state index in [1.54, 1.807) is 0 Å². The molecule has 5 atom stereocenters. The molecule has 0 aliphatic carbocycles. The topological polar surface area (TPSA) is 237 Å². The normalized spacial score (nSPS) is 14.2. The molecule has 19 heteroatoms. The van der Waals surface area contributed by atoms with Crippen molar-refractivity contribution >= 4 is 39.5 Å². The number of hydrogen-bond donors (Lipinski definition) is 3. The van der Waals surface area contributed by atoms with Gasteiger partial charge in [-0.3, -0.25) is 37.3 Å². The first kappa shape index (κ1) is 92.1. The van der Waals surface area contributed by atoms with Crippen LogP contribution in [0.15, 0.2) is 0 Å². The number of rotatable bonds is 72. The Balaban J connectivity index is 5.23. The maximum atomic E-state index is 13.1. The van der Waals surface area contributed by atoms with Crippen LogP contribution in [0.1, 0.15) is 376 Å². The van der Waals surface area contributed by atoms with Crippen molar-refractivity contribution in [3.8, 4) is 0 Å². The molecule has 0 aromatic heterocycles. The molecular formula is C75H146O17P2. The lowest BCUT2D eigenvalue weighted by molar-refractivity contribution is -0.161. The van der Waals surface area contributed by atoms with Crippen LogP contribution in [0, 0.1) is 23.7 Å². The lowest BCUT2D eigenvalue weighted by Gasteiger charge is -2.21. The number of ether oxygens (including phenoxy) is 4. The highest BCUT2D eigenvalue weighted by molar-refractivity contribution is 7.47. The van der Waals surface area contributed by atoms with Gasteiger partial charge in [0.05, 0.1) is 26.4 Å². The minimum Gasteiger partial charge on any atom is -0.462 e. The van der Waals surface area contributed by atoms with Gasteiger partial charge in [-0.2, -0.15) is 0 Å². The predicted octanol–water partition coefficient (Wildman–Crippen LogP) is 21.7. The van der Waals surface area contributed by atoms with E-state index in [2.05, 4.69) is 55.4 Å². The third-order valence-electron chi connectivity index (χ3n) is 17.3. The fourth-order valence-corrected chi connectivity index (χ4v) is 13.0. The van der Waals surface area contributed by atoms with Crippen LogP contribution in [0.25, 0.3) is 0 Å². The van der Waals surface area contributed by atoms with Crippen molar-refractivity contribution in [1.82, 2.24) is 0 Å². The zero-order chi connectivity index (χ0) is 69.6. The Morgan fingerprint density at radius 1 is 0.266 bits per heavy atom. The average molecular weight is 1380 g/mol. The van der Waals surface area contributed by atoms with Crippen LogP contribution in [0.4, 0.5) is 0 Å². The molecule has 0 aliphatic rings. The summed E-state index contributed by atoms with van der Waals surface area (Å²) < 4.78 is 68.5. The fraction of sp³-hybridized carbons (Fsp3) is 0.947. The summed E-state index contributed by atoms with van der Waals surface area (Å²) in [5.74, 6) is 0.885. The molecule has 0 saturated carbocycles. The second kappa shape index (κ2) is 64.4. The smallest absolute Gasteiger partial charge is 0.462 e. The Bertz CT molecular complexity index is 1850. The molecule has 0 fully saturated rings. The molecule has 0 aliphatic heterocycles.